The summed E-state index contributed by atoms with van der Waals surface area (Å²) in [7, 11) is 0. The van der Waals surface area contributed by atoms with Gasteiger partial charge in [-0.2, -0.15) is 0 Å². The predicted molar refractivity (Wildman–Crippen MR) is 141 cm³/mol. The Hall–Kier alpha value is -1.84. The first-order chi connectivity index (χ1) is 16.2. The van der Waals surface area contributed by atoms with Gasteiger partial charge in [-0.1, -0.05) is 19.9 Å². The van der Waals surface area contributed by atoms with E-state index in [0.29, 0.717) is 13.1 Å². The van der Waals surface area contributed by atoms with E-state index in [1.165, 1.54) is 0 Å². The fraction of sp³-hybridized carbons (Fsp3) is 0.560. The van der Waals surface area contributed by atoms with Crippen LogP contribution in [0.2, 0.25) is 0 Å². The predicted octanol–water partition coefficient (Wildman–Crippen LogP) is 2.10. The standard InChI is InChI=1S/C23H34N4O3S.C2H6/c28-14-10-27(11-15-29)21-6-7-22(23(31)18-21)25-20-4-2-19(3-5-20)24-8-1-9-26-12-16-30-17-13-26;1-2/h2-4,6-7,18,24,28-29,31H,1,5,8-17H2;1-2H3/p+1. The first kappa shape index (κ1) is 27.4. The quantitative estimate of drug-likeness (QED) is 0.335. The molecule has 0 atom stereocenters. The van der Waals surface area contributed by atoms with E-state index in [2.05, 4.69) is 41.1 Å². The van der Waals surface area contributed by atoms with Gasteiger partial charge in [0.1, 0.15) is 5.69 Å². The summed E-state index contributed by atoms with van der Waals surface area (Å²) in [5.74, 6) is 0. The molecule has 0 amide bonds. The van der Waals surface area contributed by atoms with Gasteiger partial charge < -0.3 is 25.2 Å². The van der Waals surface area contributed by atoms with Crippen molar-refractivity contribution in [1.29, 1.82) is 0 Å². The van der Waals surface area contributed by atoms with E-state index in [1.54, 1.807) is 0 Å². The third kappa shape index (κ3) is 9.51. The molecule has 1 aromatic carbocycles. The van der Waals surface area contributed by atoms with Gasteiger partial charge in [-0.15, -0.1) is 0 Å². The smallest absolute Gasteiger partial charge is 0.178 e. The molecule has 184 valence electrons. The van der Waals surface area contributed by atoms with Crippen molar-refractivity contribution in [3.8, 4) is 0 Å². The monoisotopic (exact) mass is 477 g/mol. The molecule has 7 nitrogen and oxygen atoms in total. The number of morpholine rings is 1. The van der Waals surface area contributed by atoms with Gasteiger partial charge in [-0.05, 0) is 49.9 Å². The lowest BCUT2D eigenvalue weighted by atomic mass is 10.1. The number of ether oxygens (including phenoxy) is 1. The summed E-state index contributed by atoms with van der Waals surface area (Å²) in [5, 5.41) is 22.0. The highest BCUT2D eigenvalue weighted by atomic mass is 32.1. The Labute approximate surface area is 204 Å². The molecular formula is C25H41N4O3S+. The first-order valence-electron chi connectivity index (χ1n) is 12.0. The Kier molecular flexibility index (Phi) is 13.2. The van der Waals surface area contributed by atoms with Crippen LogP contribution in [0.4, 0.5) is 11.4 Å². The van der Waals surface area contributed by atoms with Crippen LogP contribution in [0.5, 0.6) is 0 Å². The van der Waals surface area contributed by atoms with Crippen LogP contribution in [0, 0.1) is 0 Å². The van der Waals surface area contributed by atoms with Gasteiger partial charge in [0.25, 0.3) is 0 Å². The third-order valence-corrected chi connectivity index (χ3v) is 5.82. The zero-order valence-electron chi connectivity index (χ0n) is 20.1. The highest BCUT2D eigenvalue weighted by Gasteiger charge is 2.12. The van der Waals surface area contributed by atoms with Crippen molar-refractivity contribution >= 4 is 29.7 Å². The molecule has 0 spiro atoms. The summed E-state index contributed by atoms with van der Waals surface area (Å²) in [6.45, 7) is 10.9. The number of anilines is 1. The van der Waals surface area contributed by atoms with Gasteiger partial charge in [0.2, 0.25) is 0 Å². The number of allylic oxidation sites excluding steroid dienone is 3. The molecule has 0 bridgehead atoms. The second-order valence-electron chi connectivity index (χ2n) is 7.67. The number of aliphatic imine (C=N–C) groups is 1. The number of hydrogen-bond donors (Lipinski definition) is 3. The van der Waals surface area contributed by atoms with Crippen LogP contribution in [-0.4, -0.2) is 86.5 Å². The second-order valence-corrected chi connectivity index (χ2v) is 8.21. The van der Waals surface area contributed by atoms with E-state index >= 15 is 0 Å². The number of nitrogens with zero attached hydrogens (tertiary/aromatic N) is 3. The first-order valence-corrected chi connectivity index (χ1v) is 12.5. The molecule has 1 saturated heterocycles. The zero-order valence-corrected chi connectivity index (χ0v) is 21.1. The molecule has 1 aromatic rings. The molecule has 0 saturated carbocycles. The van der Waals surface area contributed by atoms with Crippen LogP contribution < -0.4 is 10.2 Å². The molecule has 0 unspecified atom stereocenters. The minimum Gasteiger partial charge on any atom is -0.395 e. The molecule has 1 fully saturated rings. The van der Waals surface area contributed by atoms with E-state index in [9.17, 15) is 10.2 Å². The molecule has 1 aliphatic carbocycles. The maximum atomic E-state index is 9.23. The van der Waals surface area contributed by atoms with E-state index in [4.69, 9.17) is 9.73 Å². The molecule has 2 aliphatic rings. The van der Waals surface area contributed by atoms with Crippen molar-refractivity contribution in [3.63, 3.8) is 0 Å². The lowest BCUT2D eigenvalue weighted by molar-refractivity contribution is 0.0375. The normalized spacial score (nSPS) is 17.4. The minimum absolute atomic E-state index is 0.0435. The molecular weight excluding hydrogens is 436 g/mol. The molecule has 1 heterocycles. The van der Waals surface area contributed by atoms with Gasteiger partial charge in [0.05, 0.1) is 26.4 Å². The topological polar surface area (TPSA) is 80.6 Å². The fourth-order valence-electron chi connectivity index (χ4n) is 3.70. The average Bonchev–Trinajstić information content (AvgIpc) is 2.86. The summed E-state index contributed by atoms with van der Waals surface area (Å²) in [5.41, 5.74) is 3.97. The highest BCUT2D eigenvalue weighted by Crippen LogP contribution is 2.26. The average molecular weight is 478 g/mol. The Bertz CT molecular complexity index is 786. The van der Waals surface area contributed by atoms with Gasteiger partial charge in [0.15, 0.2) is 4.90 Å². The molecule has 8 heteroatoms. The molecule has 33 heavy (non-hydrogen) atoms. The van der Waals surface area contributed by atoms with E-state index in [1.807, 2.05) is 36.9 Å². The Morgan fingerprint density at radius 1 is 1.12 bits per heavy atom. The molecule has 1 aliphatic heterocycles. The second kappa shape index (κ2) is 15.9. The van der Waals surface area contributed by atoms with Crippen molar-refractivity contribution in [2.75, 3.05) is 70.6 Å². The van der Waals surface area contributed by atoms with Crippen LogP contribution in [0.25, 0.3) is 0 Å². The van der Waals surface area contributed by atoms with Crippen molar-refractivity contribution in [2.24, 2.45) is 4.99 Å². The summed E-state index contributed by atoms with van der Waals surface area (Å²) >= 11 is 3.67. The Morgan fingerprint density at radius 3 is 2.45 bits per heavy atom. The highest BCUT2D eigenvalue weighted by molar-refractivity contribution is 7.59. The maximum Gasteiger partial charge on any atom is 0.178 e. The summed E-state index contributed by atoms with van der Waals surface area (Å²) in [6, 6.07) is 5.91. The van der Waals surface area contributed by atoms with Crippen molar-refractivity contribution in [3.05, 3.63) is 42.1 Å². The summed E-state index contributed by atoms with van der Waals surface area (Å²) in [6.07, 6.45) is 8.24. The van der Waals surface area contributed by atoms with Crippen LogP contribution in [0.3, 0.4) is 0 Å². The lowest BCUT2D eigenvalue weighted by Gasteiger charge is -2.26. The number of hydrogen-bond acceptors (Lipinski definition) is 7. The van der Waals surface area contributed by atoms with Gasteiger partial charge in [-0.25, -0.2) is 4.99 Å². The van der Waals surface area contributed by atoms with E-state index in [-0.39, 0.29) is 13.2 Å². The van der Waals surface area contributed by atoms with Crippen molar-refractivity contribution in [1.82, 2.24) is 10.2 Å². The number of aliphatic hydroxyl groups is 2. The Morgan fingerprint density at radius 2 is 1.85 bits per heavy atom. The molecule has 3 N–H and O–H groups in total. The van der Waals surface area contributed by atoms with Gasteiger partial charge >= 0.3 is 0 Å². The number of benzene rings is 1. The molecule has 3 rings (SSSR count). The third-order valence-electron chi connectivity index (χ3n) is 5.42. The maximum absolute atomic E-state index is 9.23. The molecule has 0 aromatic heterocycles. The van der Waals surface area contributed by atoms with E-state index < -0.39 is 0 Å². The van der Waals surface area contributed by atoms with Crippen molar-refractivity contribution in [2.45, 2.75) is 31.6 Å². The van der Waals surface area contributed by atoms with Gasteiger partial charge in [0, 0.05) is 62.3 Å². The van der Waals surface area contributed by atoms with Crippen LogP contribution in [0.15, 0.2) is 52.0 Å². The largest absolute Gasteiger partial charge is 0.395 e. The van der Waals surface area contributed by atoms with Crippen molar-refractivity contribution < 1.29 is 14.9 Å². The Balaban J connectivity index is 0.00000187. The van der Waals surface area contributed by atoms with E-state index in [0.717, 1.165) is 79.9 Å². The summed E-state index contributed by atoms with van der Waals surface area (Å²) in [4.78, 5) is 10.1. The van der Waals surface area contributed by atoms with Gasteiger partial charge in [-0.3, -0.25) is 4.90 Å². The van der Waals surface area contributed by atoms with Crippen LogP contribution in [-0.2, 0) is 17.4 Å². The minimum atomic E-state index is 0.0435. The number of aliphatic hydroxyl groups excluding tert-OH is 2. The van der Waals surface area contributed by atoms with Crippen LogP contribution >= 0.6 is 0 Å². The lowest BCUT2D eigenvalue weighted by Crippen LogP contribution is -2.37. The summed E-state index contributed by atoms with van der Waals surface area (Å²) < 4.78 is 5.39. The number of rotatable bonds is 11. The SMILES string of the molecule is CC.OCCN(CCO)c1ccc(N=C2C=CC(NCCCN3CCOCC3)=CC2)c([SH2+])c1. The zero-order chi connectivity index (χ0) is 23.9. The molecule has 0 radical (unpaired) electrons. The fourth-order valence-corrected chi connectivity index (χ4v) is 3.98. The number of nitrogens with one attached hydrogen (secondary N) is 1. The van der Waals surface area contributed by atoms with Crippen LogP contribution in [0.1, 0.15) is 26.7 Å².